The lowest BCUT2D eigenvalue weighted by atomic mass is 10.3. The van der Waals surface area contributed by atoms with E-state index in [4.69, 9.17) is 0 Å². The van der Waals surface area contributed by atoms with Crippen molar-refractivity contribution in [3.63, 3.8) is 0 Å². The normalized spacial score (nSPS) is 20.0. The molecule has 0 aliphatic rings. The van der Waals surface area contributed by atoms with Crippen molar-refractivity contribution in [3.8, 4) is 0 Å². The maximum absolute atomic E-state index is 2.62. The Morgan fingerprint density at radius 1 is 0.933 bits per heavy atom. The van der Waals surface area contributed by atoms with Gasteiger partial charge in [-0.25, -0.2) is 0 Å². The first-order valence-electron chi connectivity index (χ1n) is 6.64. The maximum Gasteiger partial charge on any atom is 0.133 e. The van der Waals surface area contributed by atoms with Crippen LogP contribution in [-0.4, -0.2) is 26.9 Å². The predicted molar refractivity (Wildman–Crippen MR) is 74.0 cm³/mol. The quantitative estimate of drug-likeness (QED) is 0.581. The highest BCUT2D eigenvalue weighted by Crippen LogP contribution is 2.41. The van der Waals surface area contributed by atoms with Crippen LogP contribution in [0.4, 0.5) is 0 Å². The largest absolute Gasteiger partial charge is 0.328 e. The van der Waals surface area contributed by atoms with E-state index in [1.165, 1.54) is 25.3 Å². The van der Waals surface area contributed by atoms with E-state index in [1.54, 1.807) is 0 Å². The predicted octanol–water partition coefficient (Wildman–Crippen LogP) is 4.50. The number of hydrogen-bond donors (Lipinski definition) is 0. The van der Waals surface area contributed by atoms with Crippen molar-refractivity contribution in [1.29, 1.82) is 0 Å². The van der Waals surface area contributed by atoms with Gasteiger partial charge >= 0.3 is 0 Å². The Morgan fingerprint density at radius 3 is 1.53 bits per heavy atom. The molecule has 0 aromatic heterocycles. The lowest BCUT2D eigenvalue weighted by molar-refractivity contribution is 0.535. The molecule has 0 heterocycles. The molecule has 0 N–H and O–H groups in total. The molecule has 0 spiro atoms. The van der Waals surface area contributed by atoms with Crippen LogP contribution in [0.15, 0.2) is 0 Å². The van der Waals surface area contributed by atoms with E-state index in [-0.39, 0.29) is 0 Å². The smallest absolute Gasteiger partial charge is 0.133 e. The van der Waals surface area contributed by atoms with E-state index < -0.39 is 8.24 Å². The van der Waals surface area contributed by atoms with Gasteiger partial charge < -0.3 is 4.57 Å². The van der Waals surface area contributed by atoms with Gasteiger partial charge in [0.25, 0.3) is 0 Å². The monoisotopic (exact) mass is 229 g/mol. The minimum Gasteiger partial charge on any atom is -0.328 e. The van der Waals surface area contributed by atoms with Crippen LogP contribution in [0, 0.1) is 0 Å². The van der Waals surface area contributed by atoms with E-state index in [2.05, 4.69) is 53.3 Å². The molecule has 92 valence electrons. The summed E-state index contributed by atoms with van der Waals surface area (Å²) in [7, 11) is 3.39. The first-order chi connectivity index (χ1) is 6.97. The third-order valence-electron chi connectivity index (χ3n) is 4.41. The molecule has 0 aromatic carbocycles. The zero-order chi connectivity index (χ0) is 12.1. The Balaban J connectivity index is 5.06. The van der Waals surface area contributed by atoms with Gasteiger partial charge in [0.1, 0.15) is 8.24 Å². The molecule has 1 nitrogen and oxygen atoms in total. The van der Waals surface area contributed by atoms with Gasteiger partial charge in [-0.1, -0.05) is 53.9 Å². The van der Waals surface area contributed by atoms with Gasteiger partial charge in [0.05, 0.1) is 0 Å². The molecule has 15 heavy (non-hydrogen) atoms. The average molecular weight is 229 g/mol. The lowest BCUT2D eigenvalue weighted by Crippen LogP contribution is -2.55. The second-order valence-electron chi connectivity index (χ2n) is 5.25. The Kier molecular flexibility index (Phi) is 6.77. The first kappa shape index (κ1) is 15.2. The van der Waals surface area contributed by atoms with Gasteiger partial charge in [0, 0.05) is 0 Å². The van der Waals surface area contributed by atoms with E-state index >= 15 is 0 Å². The van der Waals surface area contributed by atoms with E-state index in [0.29, 0.717) is 0 Å². The number of nitrogens with zero attached hydrogens (tertiary/aromatic N) is 1. The standard InChI is InChI=1S/C13H31NSi/c1-8-11-15(14(6)7,12(4)9-2)13(5)10-3/h12-13H,8-11H2,1-7H3. The van der Waals surface area contributed by atoms with Crippen LogP contribution >= 0.6 is 0 Å². The molecule has 0 radical (unpaired) electrons. The van der Waals surface area contributed by atoms with Crippen LogP contribution in [0.5, 0.6) is 0 Å². The zero-order valence-corrected chi connectivity index (χ0v) is 12.9. The fourth-order valence-electron chi connectivity index (χ4n) is 3.19. The molecular formula is C13H31NSi. The van der Waals surface area contributed by atoms with Crippen LogP contribution in [0.25, 0.3) is 0 Å². The molecule has 2 heteroatoms. The minimum atomic E-state index is -1.25. The molecule has 0 saturated carbocycles. The highest BCUT2D eigenvalue weighted by atomic mass is 28.3. The van der Waals surface area contributed by atoms with Gasteiger partial charge in [0.15, 0.2) is 0 Å². The van der Waals surface area contributed by atoms with Crippen molar-refractivity contribution in [2.24, 2.45) is 0 Å². The summed E-state index contributed by atoms with van der Waals surface area (Å²) in [4.78, 5) is 0. The molecule has 0 bridgehead atoms. The maximum atomic E-state index is 2.62. The summed E-state index contributed by atoms with van der Waals surface area (Å²) in [5.74, 6) is 0. The fraction of sp³-hybridized carbons (Fsp3) is 1.00. The van der Waals surface area contributed by atoms with Gasteiger partial charge in [-0.15, -0.1) is 0 Å². The SMILES string of the molecule is CCC[Si](C(C)CC)(C(C)CC)N(C)C. The van der Waals surface area contributed by atoms with Crippen LogP contribution in [0.3, 0.4) is 0 Å². The first-order valence-corrected chi connectivity index (χ1v) is 8.95. The number of rotatable bonds is 7. The summed E-state index contributed by atoms with van der Waals surface area (Å²) in [5, 5.41) is 0. The minimum absolute atomic E-state index is 0.919. The van der Waals surface area contributed by atoms with Crippen molar-refractivity contribution in [2.45, 2.75) is 71.0 Å². The van der Waals surface area contributed by atoms with Crippen LogP contribution < -0.4 is 0 Å². The topological polar surface area (TPSA) is 3.24 Å². The third kappa shape index (κ3) is 3.07. The summed E-state index contributed by atoms with van der Waals surface area (Å²) >= 11 is 0. The van der Waals surface area contributed by atoms with Gasteiger partial charge in [-0.05, 0) is 31.2 Å². The lowest BCUT2D eigenvalue weighted by Gasteiger charge is -2.46. The zero-order valence-electron chi connectivity index (χ0n) is 11.9. The Morgan fingerprint density at radius 2 is 1.33 bits per heavy atom. The molecule has 2 unspecified atom stereocenters. The molecule has 2 atom stereocenters. The van der Waals surface area contributed by atoms with Crippen molar-refractivity contribution in [2.75, 3.05) is 14.1 Å². The second-order valence-corrected chi connectivity index (χ2v) is 10.6. The average Bonchev–Trinajstić information content (AvgIpc) is 2.23. The highest BCUT2D eigenvalue weighted by molar-refractivity contribution is 6.79. The third-order valence-corrected chi connectivity index (χ3v) is 11.6. The molecule has 0 fully saturated rings. The van der Waals surface area contributed by atoms with E-state index in [0.717, 1.165) is 11.1 Å². The van der Waals surface area contributed by atoms with Gasteiger partial charge in [-0.2, -0.15) is 0 Å². The number of hydrogen-bond acceptors (Lipinski definition) is 1. The van der Waals surface area contributed by atoms with Crippen molar-refractivity contribution < 1.29 is 0 Å². The molecule has 0 aromatic rings. The van der Waals surface area contributed by atoms with Crippen molar-refractivity contribution in [1.82, 2.24) is 4.57 Å². The van der Waals surface area contributed by atoms with Gasteiger partial charge in [-0.3, -0.25) is 0 Å². The summed E-state index contributed by atoms with van der Waals surface area (Å²) in [6, 6.07) is 1.46. The summed E-state index contributed by atoms with van der Waals surface area (Å²) < 4.78 is 2.62. The van der Waals surface area contributed by atoms with Crippen LogP contribution in [-0.2, 0) is 0 Å². The van der Waals surface area contributed by atoms with Crippen LogP contribution in [0.1, 0.15) is 53.9 Å². The molecule has 0 rings (SSSR count). The van der Waals surface area contributed by atoms with E-state index in [1.807, 2.05) is 0 Å². The van der Waals surface area contributed by atoms with Gasteiger partial charge in [0.2, 0.25) is 0 Å². The molecule has 0 aliphatic carbocycles. The van der Waals surface area contributed by atoms with Crippen molar-refractivity contribution in [3.05, 3.63) is 0 Å². The Labute approximate surface area is 98.3 Å². The van der Waals surface area contributed by atoms with E-state index in [9.17, 15) is 0 Å². The van der Waals surface area contributed by atoms with Crippen molar-refractivity contribution >= 4 is 8.24 Å². The molecule has 0 amide bonds. The van der Waals surface area contributed by atoms with Crippen LogP contribution in [0.2, 0.25) is 17.1 Å². The summed E-state index contributed by atoms with van der Waals surface area (Å²) in [6.45, 7) is 12.0. The molecule has 0 saturated heterocycles. The fourth-order valence-corrected chi connectivity index (χ4v) is 9.57. The second kappa shape index (κ2) is 6.69. The molecule has 0 aliphatic heterocycles. The Bertz CT molecular complexity index is 158. The summed E-state index contributed by atoms with van der Waals surface area (Å²) in [5.41, 5.74) is 1.84. The Hall–Kier alpha value is 0.177. The highest BCUT2D eigenvalue weighted by Gasteiger charge is 2.43. The summed E-state index contributed by atoms with van der Waals surface area (Å²) in [6.07, 6.45) is 4.03. The molecular weight excluding hydrogens is 198 g/mol.